The van der Waals surface area contributed by atoms with Crippen LogP contribution in [0.5, 0.6) is 11.5 Å². The molecule has 0 radical (unpaired) electrons. The maximum atomic E-state index is 11.9. The lowest BCUT2D eigenvalue weighted by molar-refractivity contribution is -0.384. The zero-order valence-corrected chi connectivity index (χ0v) is 11.6. The number of non-ortho nitro benzene ring substituents is 1. The first-order chi connectivity index (χ1) is 10.9. The molecule has 2 aromatic carbocycles. The Hall–Kier alpha value is -3.62. The quantitative estimate of drug-likeness (QED) is 0.289. The Labute approximate surface area is 129 Å². The van der Waals surface area contributed by atoms with Gasteiger partial charge in [0.1, 0.15) is 11.5 Å². The summed E-state index contributed by atoms with van der Waals surface area (Å²) in [5, 5.41) is 33.1. The van der Waals surface area contributed by atoms with Gasteiger partial charge in [0.2, 0.25) is 0 Å². The molecule has 23 heavy (non-hydrogen) atoms. The highest BCUT2D eigenvalue weighted by Crippen LogP contribution is 2.21. The number of nitrogens with zero attached hydrogens (tertiary/aromatic N) is 2. The van der Waals surface area contributed by atoms with E-state index in [9.17, 15) is 20.0 Å². The summed E-state index contributed by atoms with van der Waals surface area (Å²) in [6, 6.07) is 7.32. The van der Waals surface area contributed by atoms with E-state index in [4.69, 9.17) is 10.8 Å². The molecule has 118 valence electrons. The van der Waals surface area contributed by atoms with Crippen LogP contribution in [0.1, 0.15) is 15.9 Å². The minimum absolute atomic E-state index is 0.0243. The molecule has 0 unspecified atom stereocenters. The normalized spacial score (nSPS) is 10.6. The zero-order chi connectivity index (χ0) is 17.0. The van der Waals surface area contributed by atoms with Crippen LogP contribution in [0, 0.1) is 10.1 Å². The van der Waals surface area contributed by atoms with Gasteiger partial charge < -0.3 is 15.9 Å². The Kier molecular flexibility index (Phi) is 4.41. The Morgan fingerprint density at radius 2 is 2.00 bits per heavy atom. The van der Waals surface area contributed by atoms with Gasteiger partial charge in [-0.05, 0) is 18.2 Å². The number of nitrogens with one attached hydrogen (secondary N) is 1. The van der Waals surface area contributed by atoms with Crippen molar-refractivity contribution in [2.45, 2.75) is 0 Å². The number of nitrogens with two attached hydrogens (primary N) is 1. The van der Waals surface area contributed by atoms with Gasteiger partial charge >= 0.3 is 0 Å². The van der Waals surface area contributed by atoms with Crippen LogP contribution in [0.15, 0.2) is 41.5 Å². The molecular weight excluding hydrogens is 304 g/mol. The molecule has 2 rings (SSSR count). The van der Waals surface area contributed by atoms with Gasteiger partial charge in [-0.3, -0.25) is 14.9 Å². The molecular formula is C14H12N4O5. The van der Waals surface area contributed by atoms with Crippen molar-refractivity contribution in [1.82, 2.24) is 5.43 Å². The van der Waals surface area contributed by atoms with Gasteiger partial charge in [0, 0.05) is 29.4 Å². The average Bonchev–Trinajstić information content (AvgIpc) is 2.48. The summed E-state index contributed by atoms with van der Waals surface area (Å²) < 4.78 is 0. The van der Waals surface area contributed by atoms with Crippen molar-refractivity contribution < 1.29 is 19.9 Å². The van der Waals surface area contributed by atoms with E-state index in [1.54, 1.807) is 0 Å². The van der Waals surface area contributed by atoms with Crippen LogP contribution >= 0.6 is 0 Å². The summed E-state index contributed by atoms with van der Waals surface area (Å²) in [7, 11) is 0. The van der Waals surface area contributed by atoms with Gasteiger partial charge in [-0.2, -0.15) is 5.10 Å². The number of anilines is 1. The number of hydrazone groups is 1. The number of benzene rings is 2. The number of nitro benzene ring substituents is 1. The Balaban J connectivity index is 2.13. The molecule has 0 aliphatic carbocycles. The van der Waals surface area contributed by atoms with E-state index in [0.29, 0.717) is 0 Å². The van der Waals surface area contributed by atoms with Crippen molar-refractivity contribution in [2.75, 3.05) is 5.73 Å². The van der Waals surface area contributed by atoms with Crippen LogP contribution in [-0.2, 0) is 0 Å². The smallest absolute Gasteiger partial charge is 0.272 e. The van der Waals surface area contributed by atoms with Gasteiger partial charge in [0.15, 0.2) is 0 Å². The zero-order valence-electron chi connectivity index (χ0n) is 11.6. The molecule has 0 fully saturated rings. The molecule has 1 amide bonds. The Morgan fingerprint density at radius 1 is 1.26 bits per heavy atom. The minimum atomic E-state index is -0.699. The maximum absolute atomic E-state index is 11.9. The largest absolute Gasteiger partial charge is 0.508 e. The molecule has 2 aromatic rings. The third-order valence-corrected chi connectivity index (χ3v) is 2.80. The Bertz CT molecular complexity index is 804. The van der Waals surface area contributed by atoms with E-state index in [-0.39, 0.29) is 34.0 Å². The number of nitrogen functional groups attached to an aromatic ring is 1. The summed E-state index contributed by atoms with van der Waals surface area (Å²) in [6.07, 6.45) is 1.16. The van der Waals surface area contributed by atoms with Gasteiger partial charge in [-0.1, -0.05) is 0 Å². The van der Waals surface area contributed by atoms with E-state index in [1.807, 2.05) is 0 Å². The average molecular weight is 316 g/mol. The number of phenols is 2. The lowest BCUT2D eigenvalue weighted by Gasteiger charge is -2.02. The molecule has 0 aliphatic heterocycles. The molecule has 0 atom stereocenters. The van der Waals surface area contributed by atoms with Crippen LogP contribution < -0.4 is 11.2 Å². The topological polar surface area (TPSA) is 151 Å². The van der Waals surface area contributed by atoms with Crippen molar-refractivity contribution in [3.8, 4) is 11.5 Å². The van der Waals surface area contributed by atoms with Crippen LogP contribution in [0.4, 0.5) is 11.4 Å². The summed E-state index contributed by atoms with van der Waals surface area (Å²) in [5.74, 6) is -1.03. The van der Waals surface area contributed by atoms with Crippen LogP contribution in [-0.4, -0.2) is 27.3 Å². The molecule has 0 saturated carbocycles. The minimum Gasteiger partial charge on any atom is -0.508 e. The van der Waals surface area contributed by atoms with Crippen molar-refractivity contribution in [2.24, 2.45) is 5.10 Å². The van der Waals surface area contributed by atoms with Crippen molar-refractivity contribution >= 4 is 23.5 Å². The number of rotatable bonds is 4. The molecule has 5 N–H and O–H groups in total. The summed E-state index contributed by atoms with van der Waals surface area (Å²) in [4.78, 5) is 22.0. The second-order valence-electron chi connectivity index (χ2n) is 4.51. The van der Waals surface area contributed by atoms with Gasteiger partial charge in [0.05, 0.1) is 16.7 Å². The molecule has 0 aliphatic rings. The third-order valence-electron chi connectivity index (χ3n) is 2.80. The number of hydrogen-bond acceptors (Lipinski definition) is 7. The third kappa shape index (κ3) is 3.94. The highest BCUT2D eigenvalue weighted by atomic mass is 16.6. The predicted octanol–water partition coefficient (Wildman–Crippen LogP) is 1.35. The summed E-state index contributed by atoms with van der Waals surface area (Å²) in [5.41, 5.74) is 7.68. The van der Waals surface area contributed by atoms with Crippen molar-refractivity contribution in [1.29, 1.82) is 0 Å². The van der Waals surface area contributed by atoms with E-state index in [2.05, 4.69) is 10.5 Å². The number of aromatic hydroxyl groups is 2. The molecule has 0 aromatic heterocycles. The van der Waals surface area contributed by atoms with Crippen molar-refractivity contribution in [3.63, 3.8) is 0 Å². The molecule has 0 heterocycles. The summed E-state index contributed by atoms with van der Waals surface area (Å²) in [6.45, 7) is 0. The number of carbonyl (C=O) groups excluding carboxylic acids is 1. The van der Waals surface area contributed by atoms with Gasteiger partial charge in [-0.15, -0.1) is 0 Å². The molecule has 0 spiro atoms. The number of nitro groups is 1. The Morgan fingerprint density at radius 3 is 2.65 bits per heavy atom. The SMILES string of the molecule is Nc1cc(C(=O)NN=Cc2ccc(O)cc2O)cc([N+](=O)[O-])c1. The second-order valence-corrected chi connectivity index (χ2v) is 4.51. The maximum Gasteiger partial charge on any atom is 0.272 e. The number of hydrogen-bond donors (Lipinski definition) is 4. The first kappa shape index (κ1) is 15.8. The number of carbonyl (C=O) groups is 1. The van der Waals surface area contributed by atoms with Crippen molar-refractivity contribution in [3.05, 3.63) is 57.6 Å². The van der Waals surface area contributed by atoms with Gasteiger partial charge in [0.25, 0.3) is 11.6 Å². The second kappa shape index (κ2) is 6.43. The molecule has 0 bridgehead atoms. The fraction of sp³-hybridized carbons (Fsp3) is 0. The number of amides is 1. The summed E-state index contributed by atoms with van der Waals surface area (Å²) >= 11 is 0. The van der Waals surface area contributed by atoms with Crippen LogP contribution in [0.2, 0.25) is 0 Å². The van der Waals surface area contributed by atoms with Gasteiger partial charge in [-0.25, -0.2) is 5.43 Å². The highest BCUT2D eigenvalue weighted by molar-refractivity contribution is 5.96. The fourth-order valence-corrected chi connectivity index (χ4v) is 1.74. The molecule has 9 nitrogen and oxygen atoms in total. The van der Waals surface area contributed by atoms with E-state index in [1.165, 1.54) is 18.2 Å². The lowest BCUT2D eigenvalue weighted by atomic mass is 10.1. The first-order valence-electron chi connectivity index (χ1n) is 6.27. The monoisotopic (exact) mass is 316 g/mol. The van der Waals surface area contributed by atoms with E-state index in [0.717, 1.165) is 24.4 Å². The van der Waals surface area contributed by atoms with Crippen LogP contribution in [0.25, 0.3) is 0 Å². The molecule has 0 saturated heterocycles. The molecule has 9 heteroatoms. The lowest BCUT2D eigenvalue weighted by Crippen LogP contribution is -2.18. The highest BCUT2D eigenvalue weighted by Gasteiger charge is 2.13. The van der Waals surface area contributed by atoms with Crippen LogP contribution in [0.3, 0.4) is 0 Å². The standard InChI is InChI=1S/C14H12N4O5/c15-10-3-9(4-11(5-10)18(22)23)14(21)17-16-7-8-1-2-12(19)6-13(8)20/h1-7,19-20H,15H2,(H,17,21). The predicted molar refractivity (Wildman–Crippen MR) is 82.3 cm³/mol. The van der Waals surface area contributed by atoms with E-state index >= 15 is 0 Å². The van der Waals surface area contributed by atoms with E-state index < -0.39 is 10.8 Å². The fourth-order valence-electron chi connectivity index (χ4n) is 1.74. The first-order valence-corrected chi connectivity index (χ1v) is 6.27. The number of phenolic OH excluding ortho intramolecular Hbond substituents is 2.